The maximum absolute atomic E-state index is 4.93. The van der Waals surface area contributed by atoms with Gasteiger partial charge in [-0.05, 0) is 56.3 Å². The van der Waals surface area contributed by atoms with Crippen LogP contribution < -0.4 is 0 Å². The van der Waals surface area contributed by atoms with Gasteiger partial charge in [-0.15, -0.1) is 69.1 Å². The third-order valence-corrected chi connectivity index (χ3v) is 9.25. The number of halogens is 2. The molecule has 0 aliphatic rings. The Balaban J connectivity index is 0.000000182. The van der Waals surface area contributed by atoms with Gasteiger partial charge in [0.25, 0.3) is 0 Å². The van der Waals surface area contributed by atoms with E-state index >= 15 is 0 Å². The van der Waals surface area contributed by atoms with Crippen LogP contribution in [0.25, 0.3) is 65.3 Å². The van der Waals surface area contributed by atoms with Crippen LogP contribution in [0.5, 0.6) is 0 Å². The zero-order valence-corrected chi connectivity index (χ0v) is 38.0. The Labute approximate surface area is 345 Å². The molecule has 0 unspecified atom stereocenters. The Morgan fingerprint density at radius 2 is 0.759 bits per heavy atom. The normalized spacial score (nSPS) is 11.3. The molecule has 0 aliphatic carbocycles. The van der Waals surface area contributed by atoms with E-state index in [1.165, 1.54) is 76.5 Å². The molecule has 0 nitrogen and oxygen atoms in total. The fraction of sp³-hybridized carbons (Fsp3) is 0.240. The first kappa shape index (κ1) is 41.9. The first-order chi connectivity index (χ1) is 25.9. The summed E-state index contributed by atoms with van der Waals surface area (Å²) in [6, 6.07) is 53.3. The summed E-state index contributed by atoms with van der Waals surface area (Å²) >= 11 is -0.826. The van der Waals surface area contributed by atoms with Gasteiger partial charge in [-0.1, -0.05) is 163 Å². The molecule has 8 aromatic rings. The molecule has 4 heteroatoms. The van der Waals surface area contributed by atoms with Gasteiger partial charge < -0.3 is 0 Å². The van der Waals surface area contributed by atoms with Gasteiger partial charge in [0.15, 0.2) is 0 Å². The molecule has 8 rings (SSSR count). The fourth-order valence-electron chi connectivity index (χ4n) is 7.41. The quantitative estimate of drug-likeness (QED) is 0.122. The van der Waals surface area contributed by atoms with Crippen molar-refractivity contribution in [2.24, 2.45) is 10.8 Å². The zero-order valence-electron chi connectivity index (χ0n) is 33.0. The number of fused-ring (bicyclic) bond motifs is 4. The molecule has 0 amide bonds. The van der Waals surface area contributed by atoms with Crippen LogP contribution >= 0.6 is 17.0 Å². The average Bonchev–Trinajstić information content (AvgIpc) is 3.73. The molecule has 274 valence electrons. The Morgan fingerprint density at radius 1 is 0.463 bits per heavy atom. The van der Waals surface area contributed by atoms with Gasteiger partial charge in [-0.2, -0.15) is 12.1 Å². The summed E-state index contributed by atoms with van der Waals surface area (Å²) < 4.78 is 0. The van der Waals surface area contributed by atoms with Gasteiger partial charge >= 0.3 is 37.9 Å². The molecule has 0 fully saturated rings. The van der Waals surface area contributed by atoms with E-state index in [-0.39, 0.29) is 0 Å². The molecular weight excluding hydrogens is 791 g/mol. The maximum atomic E-state index is 4.93. The van der Waals surface area contributed by atoms with Crippen molar-refractivity contribution in [1.82, 2.24) is 0 Å². The van der Waals surface area contributed by atoms with Gasteiger partial charge in [0, 0.05) is 9.52 Å². The molecule has 8 aromatic carbocycles. The molecule has 0 N–H and O–H groups in total. The van der Waals surface area contributed by atoms with Crippen LogP contribution in [0.15, 0.2) is 146 Å². The van der Waals surface area contributed by atoms with Gasteiger partial charge in [0.1, 0.15) is 0 Å². The van der Waals surface area contributed by atoms with Crippen molar-refractivity contribution >= 4 is 69.6 Å². The average molecular weight is 843 g/mol. The van der Waals surface area contributed by atoms with E-state index in [1.54, 1.807) is 0 Å². The number of benzene rings is 6. The van der Waals surface area contributed by atoms with Crippen LogP contribution in [0.1, 0.15) is 52.7 Å². The van der Waals surface area contributed by atoms with Gasteiger partial charge in [0.2, 0.25) is 0 Å². The SMILES string of the molecule is CC(C)(C)Cc1cc2c(-c3cccc4ccccc34)cccc2[cH-]1.CC(C)(C)Cc1cc2c(-c3cccc4ccccc34)cccc2[cH-]1.C[Si]C.[Cl][Zr+2][Cl]. The second kappa shape index (κ2) is 19.1. The van der Waals surface area contributed by atoms with E-state index in [9.17, 15) is 0 Å². The molecular formula is C50H52Cl2SiZr. The molecule has 0 saturated heterocycles. The Hall–Kier alpha value is -3.26. The van der Waals surface area contributed by atoms with Crippen LogP contribution in [0.2, 0.25) is 13.1 Å². The molecule has 0 spiro atoms. The van der Waals surface area contributed by atoms with E-state index < -0.39 is 20.8 Å². The monoisotopic (exact) mass is 840 g/mol. The van der Waals surface area contributed by atoms with Crippen LogP contribution in [-0.2, 0) is 33.7 Å². The summed E-state index contributed by atoms with van der Waals surface area (Å²) in [6.07, 6.45) is 2.22. The van der Waals surface area contributed by atoms with Crippen molar-refractivity contribution in [2.45, 2.75) is 67.5 Å². The van der Waals surface area contributed by atoms with Crippen LogP contribution in [0.3, 0.4) is 0 Å². The van der Waals surface area contributed by atoms with E-state index in [0.29, 0.717) is 10.8 Å². The summed E-state index contributed by atoms with van der Waals surface area (Å²) in [7, 11) is 11.0. The summed E-state index contributed by atoms with van der Waals surface area (Å²) in [5.74, 6) is 0. The molecule has 0 atom stereocenters. The van der Waals surface area contributed by atoms with Crippen LogP contribution in [0, 0.1) is 10.8 Å². The fourth-order valence-corrected chi connectivity index (χ4v) is 7.41. The van der Waals surface area contributed by atoms with E-state index in [2.05, 4.69) is 200 Å². The first-order valence-corrected chi connectivity index (χ1v) is 27.1. The summed E-state index contributed by atoms with van der Waals surface area (Å²) in [5, 5.41) is 10.7. The molecule has 0 aromatic heterocycles. The molecule has 0 heterocycles. The molecule has 0 saturated carbocycles. The van der Waals surface area contributed by atoms with Crippen molar-refractivity contribution in [3.8, 4) is 22.3 Å². The van der Waals surface area contributed by atoms with E-state index in [0.717, 1.165) is 22.4 Å². The number of hydrogen-bond acceptors (Lipinski definition) is 0. The molecule has 0 bridgehead atoms. The second-order valence-corrected chi connectivity index (χ2v) is 21.2. The Morgan fingerprint density at radius 3 is 1.11 bits per heavy atom. The van der Waals surface area contributed by atoms with Crippen LogP contribution in [0.4, 0.5) is 0 Å². The molecule has 2 radical (unpaired) electrons. The predicted molar refractivity (Wildman–Crippen MR) is 240 cm³/mol. The summed E-state index contributed by atoms with van der Waals surface area (Å²) in [6.45, 7) is 18.1. The van der Waals surface area contributed by atoms with Crippen molar-refractivity contribution in [2.75, 3.05) is 0 Å². The van der Waals surface area contributed by atoms with Gasteiger partial charge in [0.05, 0.1) is 0 Å². The first-order valence-electron chi connectivity index (χ1n) is 18.7. The molecule has 0 aliphatic heterocycles. The zero-order chi connectivity index (χ0) is 38.9. The summed E-state index contributed by atoms with van der Waals surface area (Å²) in [5.41, 5.74) is 8.82. The predicted octanol–water partition coefficient (Wildman–Crippen LogP) is 16.1. The minimum absolute atomic E-state index is 0.310. The standard InChI is InChI=1S/2C24H23.C2H6Si.2ClH.Zr/c2*1-24(2,3)16-17-14-19-10-7-13-22(23(19)15-17)21-12-6-9-18-8-4-5-11-20(18)21;1-3-2;;;/h2*4-15H,16H2,1-3H3;1-2H3;2*1H;/q2*-1;;;;+4/p-2. The Kier molecular flexibility index (Phi) is 14.8. The topological polar surface area (TPSA) is 0 Å². The summed E-state index contributed by atoms with van der Waals surface area (Å²) in [4.78, 5) is 0. The molecule has 54 heavy (non-hydrogen) atoms. The third-order valence-electron chi connectivity index (χ3n) is 9.25. The van der Waals surface area contributed by atoms with Crippen molar-refractivity contribution in [3.05, 3.63) is 157 Å². The van der Waals surface area contributed by atoms with Crippen molar-refractivity contribution in [3.63, 3.8) is 0 Å². The number of rotatable bonds is 4. The second-order valence-electron chi connectivity index (χ2n) is 16.4. The van der Waals surface area contributed by atoms with Gasteiger partial charge in [-0.3, -0.25) is 0 Å². The minimum atomic E-state index is -0.826. The Bertz CT molecular complexity index is 2240. The van der Waals surface area contributed by atoms with Crippen LogP contribution in [-0.4, -0.2) is 9.52 Å². The van der Waals surface area contributed by atoms with E-state index in [4.69, 9.17) is 17.0 Å². The van der Waals surface area contributed by atoms with Crippen molar-refractivity contribution in [1.29, 1.82) is 0 Å². The van der Waals surface area contributed by atoms with E-state index in [1.807, 2.05) is 0 Å². The number of hydrogen-bond donors (Lipinski definition) is 0. The van der Waals surface area contributed by atoms with Gasteiger partial charge in [-0.25, -0.2) is 0 Å². The third kappa shape index (κ3) is 10.9. The van der Waals surface area contributed by atoms with Crippen molar-refractivity contribution < 1.29 is 20.8 Å².